The first-order chi connectivity index (χ1) is 8.33. The summed E-state index contributed by atoms with van der Waals surface area (Å²) in [5.74, 6) is -0.113. The number of amides is 1. The van der Waals surface area contributed by atoms with Crippen LogP contribution in [0.1, 0.15) is 26.3 Å². The molecule has 4 heteroatoms. The summed E-state index contributed by atoms with van der Waals surface area (Å²) in [6, 6.07) is 7.63. The van der Waals surface area contributed by atoms with Crippen LogP contribution < -0.4 is 10.6 Å². The van der Waals surface area contributed by atoms with Crippen molar-refractivity contribution >= 4 is 11.6 Å². The van der Waals surface area contributed by atoms with E-state index < -0.39 is 11.6 Å². The maximum Gasteiger partial charge on any atom is 0.238 e. The molecule has 1 rings (SSSR count). The van der Waals surface area contributed by atoms with E-state index in [9.17, 15) is 9.90 Å². The Morgan fingerprint density at radius 3 is 2.56 bits per heavy atom. The summed E-state index contributed by atoms with van der Waals surface area (Å²) in [6.07, 6.45) is -0.524. The van der Waals surface area contributed by atoms with Gasteiger partial charge in [0.05, 0.1) is 12.6 Å². The third-order valence-corrected chi connectivity index (χ3v) is 3.17. The van der Waals surface area contributed by atoms with Crippen LogP contribution in [0.5, 0.6) is 0 Å². The molecule has 1 amide bonds. The lowest BCUT2D eigenvalue weighted by Crippen LogP contribution is -2.50. The van der Waals surface area contributed by atoms with Crippen LogP contribution in [-0.4, -0.2) is 29.2 Å². The first-order valence-corrected chi connectivity index (χ1v) is 6.11. The molecule has 18 heavy (non-hydrogen) atoms. The molecule has 0 aliphatic heterocycles. The number of nitrogens with one attached hydrogen (secondary N) is 2. The minimum Gasteiger partial charge on any atom is -0.392 e. The molecule has 4 nitrogen and oxygen atoms in total. The number of aliphatic hydroxyl groups is 1. The fourth-order valence-corrected chi connectivity index (χ4v) is 1.36. The van der Waals surface area contributed by atoms with Gasteiger partial charge in [-0.05, 0) is 39.3 Å². The van der Waals surface area contributed by atoms with E-state index >= 15 is 0 Å². The number of carbonyl (C=O) groups is 1. The van der Waals surface area contributed by atoms with Crippen LogP contribution in [-0.2, 0) is 4.79 Å². The Morgan fingerprint density at radius 1 is 1.39 bits per heavy atom. The number of carbonyl (C=O) groups excluding carboxylic acids is 1. The Kier molecular flexibility index (Phi) is 4.87. The highest BCUT2D eigenvalue weighted by Gasteiger charge is 2.23. The molecule has 0 saturated heterocycles. The van der Waals surface area contributed by atoms with Gasteiger partial charge in [0, 0.05) is 11.2 Å². The summed E-state index contributed by atoms with van der Waals surface area (Å²) < 4.78 is 0. The number of aryl methyl sites for hydroxylation is 1. The lowest BCUT2D eigenvalue weighted by molar-refractivity contribution is -0.115. The average molecular weight is 250 g/mol. The molecular weight excluding hydrogens is 228 g/mol. The summed E-state index contributed by atoms with van der Waals surface area (Å²) in [7, 11) is 0. The van der Waals surface area contributed by atoms with Crippen LogP contribution in [0.2, 0.25) is 0 Å². The van der Waals surface area contributed by atoms with Crippen molar-refractivity contribution in [2.24, 2.45) is 0 Å². The molecule has 0 heterocycles. The highest BCUT2D eigenvalue weighted by molar-refractivity contribution is 5.92. The highest BCUT2D eigenvalue weighted by atomic mass is 16.3. The van der Waals surface area contributed by atoms with Gasteiger partial charge in [-0.2, -0.15) is 0 Å². The predicted molar refractivity (Wildman–Crippen MR) is 73.6 cm³/mol. The molecule has 0 fully saturated rings. The number of hydrogen-bond donors (Lipinski definition) is 3. The Balaban J connectivity index is 2.51. The maximum absolute atomic E-state index is 11.8. The molecule has 1 unspecified atom stereocenters. The van der Waals surface area contributed by atoms with Crippen molar-refractivity contribution in [2.45, 2.75) is 39.3 Å². The molecule has 0 radical (unpaired) electrons. The fraction of sp³-hybridized carbons (Fsp3) is 0.500. The van der Waals surface area contributed by atoms with Gasteiger partial charge in [-0.3, -0.25) is 4.79 Å². The molecule has 0 spiro atoms. The summed E-state index contributed by atoms with van der Waals surface area (Å²) in [5.41, 5.74) is 1.36. The van der Waals surface area contributed by atoms with Crippen molar-refractivity contribution in [3.63, 3.8) is 0 Å². The fourth-order valence-electron chi connectivity index (χ4n) is 1.36. The number of hydrogen-bond acceptors (Lipinski definition) is 3. The van der Waals surface area contributed by atoms with E-state index in [2.05, 4.69) is 10.6 Å². The molecule has 0 aliphatic carbocycles. The van der Waals surface area contributed by atoms with Crippen molar-refractivity contribution in [1.82, 2.24) is 5.32 Å². The van der Waals surface area contributed by atoms with E-state index in [0.29, 0.717) is 0 Å². The van der Waals surface area contributed by atoms with E-state index in [4.69, 9.17) is 0 Å². The Hall–Kier alpha value is -1.39. The molecule has 3 N–H and O–H groups in total. The smallest absolute Gasteiger partial charge is 0.238 e. The first-order valence-electron chi connectivity index (χ1n) is 6.11. The molecule has 1 aromatic rings. The SMILES string of the molecule is Cc1ccccc1NC(=O)CNC(C)(C)C(C)O. The minimum atomic E-state index is -0.524. The van der Waals surface area contributed by atoms with Gasteiger partial charge < -0.3 is 15.7 Å². The van der Waals surface area contributed by atoms with E-state index in [0.717, 1.165) is 11.3 Å². The summed E-state index contributed by atoms with van der Waals surface area (Å²) in [5, 5.41) is 15.4. The van der Waals surface area contributed by atoms with Crippen LogP contribution >= 0.6 is 0 Å². The second-order valence-corrected chi connectivity index (χ2v) is 5.11. The van der Waals surface area contributed by atoms with Crippen LogP contribution in [0.25, 0.3) is 0 Å². The second-order valence-electron chi connectivity index (χ2n) is 5.11. The number of benzene rings is 1. The number of rotatable bonds is 5. The molecule has 1 aromatic carbocycles. The van der Waals surface area contributed by atoms with E-state index in [1.54, 1.807) is 6.92 Å². The van der Waals surface area contributed by atoms with Gasteiger partial charge in [0.25, 0.3) is 0 Å². The number of anilines is 1. The number of aliphatic hydroxyl groups excluding tert-OH is 1. The normalized spacial score (nSPS) is 13.2. The van der Waals surface area contributed by atoms with Crippen molar-refractivity contribution in [1.29, 1.82) is 0 Å². The zero-order chi connectivity index (χ0) is 13.8. The van der Waals surface area contributed by atoms with Gasteiger partial charge in [0.1, 0.15) is 0 Å². The zero-order valence-electron chi connectivity index (χ0n) is 11.4. The summed E-state index contributed by atoms with van der Waals surface area (Å²) in [4.78, 5) is 11.8. The highest BCUT2D eigenvalue weighted by Crippen LogP contribution is 2.13. The van der Waals surface area contributed by atoms with Crippen LogP contribution in [0.4, 0.5) is 5.69 Å². The van der Waals surface area contributed by atoms with Gasteiger partial charge in [-0.1, -0.05) is 18.2 Å². The molecule has 100 valence electrons. The average Bonchev–Trinajstić information content (AvgIpc) is 2.29. The monoisotopic (exact) mass is 250 g/mol. The molecular formula is C14H22N2O2. The molecule has 1 atom stereocenters. The van der Waals surface area contributed by atoms with Crippen LogP contribution in [0, 0.1) is 6.92 Å². The Labute approximate surface area is 108 Å². The van der Waals surface area contributed by atoms with Crippen molar-refractivity contribution in [3.8, 4) is 0 Å². The number of para-hydroxylation sites is 1. The third-order valence-electron chi connectivity index (χ3n) is 3.17. The van der Waals surface area contributed by atoms with Crippen molar-refractivity contribution in [3.05, 3.63) is 29.8 Å². The lowest BCUT2D eigenvalue weighted by atomic mass is 9.99. The minimum absolute atomic E-state index is 0.113. The molecule has 0 saturated carbocycles. The quantitative estimate of drug-likeness (QED) is 0.745. The third kappa shape index (κ3) is 4.13. The van der Waals surface area contributed by atoms with E-state index in [1.807, 2.05) is 45.0 Å². The molecule has 0 bridgehead atoms. The van der Waals surface area contributed by atoms with Crippen molar-refractivity contribution in [2.75, 3.05) is 11.9 Å². The van der Waals surface area contributed by atoms with Gasteiger partial charge in [0.15, 0.2) is 0 Å². The lowest BCUT2D eigenvalue weighted by Gasteiger charge is -2.29. The van der Waals surface area contributed by atoms with Crippen LogP contribution in [0.3, 0.4) is 0 Å². The maximum atomic E-state index is 11.8. The molecule has 0 aliphatic rings. The van der Waals surface area contributed by atoms with Gasteiger partial charge in [-0.15, -0.1) is 0 Å². The predicted octanol–water partition coefficient (Wildman–Crippen LogP) is 1.68. The van der Waals surface area contributed by atoms with Crippen LogP contribution in [0.15, 0.2) is 24.3 Å². The largest absolute Gasteiger partial charge is 0.392 e. The Bertz CT molecular complexity index is 414. The van der Waals surface area contributed by atoms with E-state index in [1.165, 1.54) is 0 Å². The van der Waals surface area contributed by atoms with E-state index in [-0.39, 0.29) is 12.5 Å². The standard InChI is InChI=1S/C14H22N2O2/c1-10-7-5-6-8-12(10)16-13(18)9-15-14(3,4)11(2)17/h5-8,11,15,17H,9H2,1-4H3,(H,16,18). The Morgan fingerprint density at radius 2 is 2.00 bits per heavy atom. The van der Waals surface area contributed by atoms with Gasteiger partial charge in [-0.25, -0.2) is 0 Å². The zero-order valence-corrected chi connectivity index (χ0v) is 11.4. The molecule has 0 aromatic heterocycles. The second kappa shape index (κ2) is 5.98. The summed E-state index contributed by atoms with van der Waals surface area (Å²) >= 11 is 0. The van der Waals surface area contributed by atoms with Gasteiger partial charge >= 0.3 is 0 Å². The first kappa shape index (κ1) is 14.7. The summed E-state index contributed by atoms with van der Waals surface area (Å²) in [6.45, 7) is 7.54. The van der Waals surface area contributed by atoms with Crippen molar-refractivity contribution < 1.29 is 9.90 Å². The topological polar surface area (TPSA) is 61.4 Å². The van der Waals surface area contributed by atoms with Gasteiger partial charge in [0.2, 0.25) is 5.91 Å².